The molecule has 2 saturated heterocycles. The highest BCUT2D eigenvalue weighted by molar-refractivity contribution is 5.99. The highest BCUT2D eigenvalue weighted by Crippen LogP contribution is 2.40. The molecule has 0 radical (unpaired) electrons. The fourth-order valence-electron chi connectivity index (χ4n) is 7.33. The average Bonchev–Trinajstić information content (AvgIpc) is 3.31. The highest BCUT2D eigenvalue weighted by atomic mass is 19.1. The van der Waals surface area contributed by atoms with Crippen LogP contribution < -0.4 is 20.9 Å². The Morgan fingerprint density at radius 2 is 1.26 bits per heavy atom. The van der Waals surface area contributed by atoms with E-state index in [0.29, 0.717) is 77.1 Å². The maximum absolute atomic E-state index is 15.4. The zero-order chi connectivity index (χ0) is 42.3. The van der Waals surface area contributed by atoms with Crippen LogP contribution in [-0.2, 0) is 9.47 Å². The van der Waals surface area contributed by atoms with Gasteiger partial charge in [0.25, 0.3) is 0 Å². The van der Waals surface area contributed by atoms with Crippen LogP contribution in [0.5, 0.6) is 0 Å². The van der Waals surface area contributed by atoms with E-state index in [1.54, 1.807) is 42.7 Å². The number of nitrogens with zero attached hydrogens (tertiary/aromatic N) is 8. The van der Waals surface area contributed by atoms with Gasteiger partial charge in [-0.15, -0.1) is 0 Å². The molecule has 0 spiro atoms. The fraction of sp³-hybridized carbons (Fsp3) is 0.191. The second-order valence-corrected chi connectivity index (χ2v) is 14.4. The van der Waals surface area contributed by atoms with E-state index in [4.69, 9.17) is 25.5 Å². The van der Waals surface area contributed by atoms with Gasteiger partial charge in [-0.3, -0.25) is 15.0 Å². The highest BCUT2D eigenvalue weighted by Gasteiger charge is 2.22. The standard InChI is InChI=1S/C31H24F2N6O.C16H16N4O/c1-19-29(25-4-2-3-9-35-25)37-26-15-22(32)14-24(33)28(26)30(19)38-27-16-23(39-10-12-40-13-11-39)18-36-31(27)21-7-5-20(17-34)6-8-21;17-10-12-1-3-13(4-2-12)16-15(18)9-14(11-19-16)20-5-7-21-8-6-20/h2-9,14-16,18H,10-13H2,1H3,(H,37,38);1-4,9,11H,5-8,18H2. The topological polar surface area (TPSA) is 162 Å². The van der Waals surface area contributed by atoms with Crippen molar-refractivity contribution in [2.45, 2.75) is 6.92 Å². The average molecular weight is 815 g/mol. The van der Waals surface area contributed by atoms with Crippen molar-refractivity contribution in [2.24, 2.45) is 0 Å². The lowest BCUT2D eigenvalue weighted by atomic mass is 10.0. The van der Waals surface area contributed by atoms with Crippen molar-refractivity contribution in [3.05, 3.63) is 138 Å². The first-order chi connectivity index (χ1) is 29.8. The number of pyridine rings is 4. The number of nitrogens with two attached hydrogens (primary N) is 1. The third-order valence-corrected chi connectivity index (χ3v) is 10.5. The molecule has 0 amide bonds. The molecule has 0 atom stereocenters. The number of fused-ring (bicyclic) bond motifs is 1. The Kier molecular flexibility index (Phi) is 12.0. The quantitative estimate of drug-likeness (QED) is 0.158. The summed E-state index contributed by atoms with van der Waals surface area (Å²) in [6, 6.07) is 30.1. The minimum absolute atomic E-state index is 0.168. The lowest BCUT2D eigenvalue weighted by molar-refractivity contribution is 0.122. The molecule has 9 rings (SSSR count). The van der Waals surface area contributed by atoms with Crippen LogP contribution in [-0.4, -0.2) is 72.5 Å². The number of benzene rings is 3. The Morgan fingerprint density at radius 3 is 1.82 bits per heavy atom. The van der Waals surface area contributed by atoms with Gasteiger partial charge in [0.05, 0.1) is 124 Å². The molecular weight excluding hydrogens is 775 g/mol. The molecule has 4 aromatic heterocycles. The molecule has 14 heteroatoms. The number of nitriles is 2. The predicted molar refractivity (Wildman–Crippen MR) is 232 cm³/mol. The van der Waals surface area contributed by atoms with Gasteiger partial charge in [0.15, 0.2) is 0 Å². The van der Waals surface area contributed by atoms with Crippen LogP contribution in [0.15, 0.2) is 110 Å². The van der Waals surface area contributed by atoms with E-state index in [9.17, 15) is 9.65 Å². The summed E-state index contributed by atoms with van der Waals surface area (Å²) in [6.07, 6.45) is 5.30. The number of aromatic nitrogens is 4. The Labute approximate surface area is 351 Å². The van der Waals surface area contributed by atoms with Gasteiger partial charge in [0.1, 0.15) is 11.6 Å². The summed E-state index contributed by atoms with van der Waals surface area (Å²) < 4.78 is 40.6. The summed E-state index contributed by atoms with van der Waals surface area (Å²) in [5.41, 5.74) is 15.9. The molecule has 3 N–H and O–H groups in total. The van der Waals surface area contributed by atoms with Gasteiger partial charge in [0, 0.05) is 61.2 Å². The lowest BCUT2D eigenvalue weighted by Crippen LogP contribution is -2.36. The van der Waals surface area contributed by atoms with Crippen molar-refractivity contribution in [3.63, 3.8) is 0 Å². The van der Waals surface area contributed by atoms with Crippen molar-refractivity contribution in [1.29, 1.82) is 10.5 Å². The fourth-order valence-corrected chi connectivity index (χ4v) is 7.33. The molecule has 7 aromatic rings. The molecule has 0 aliphatic carbocycles. The van der Waals surface area contributed by atoms with E-state index in [1.165, 1.54) is 6.07 Å². The summed E-state index contributed by atoms with van der Waals surface area (Å²) in [6.45, 7) is 7.67. The Hall–Kier alpha value is -7.52. The Morgan fingerprint density at radius 1 is 0.689 bits per heavy atom. The largest absolute Gasteiger partial charge is 0.397 e. The van der Waals surface area contributed by atoms with Crippen molar-refractivity contribution in [3.8, 4) is 46.0 Å². The van der Waals surface area contributed by atoms with E-state index in [1.807, 2.05) is 61.7 Å². The van der Waals surface area contributed by atoms with E-state index in [-0.39, 0.29) is 10.9 Å². The summed E-state index contributed by atoms with van der Waals surface area (Å²) in [7, 11) is 0. The summed E-state index contributed by atoms with van der Waals surface area (Å²) in [5, 5.41) is 21.7. The van der Waals surface area contributed by atoms with E-state index < -0.39 is 11.6 Å². The van der Waals surface area contributed by atoms with E-state index >= 15 is 4.39 Å². The number of halogens is 2. The molecule has 2 aliphatic rings. The van der Waals surface area contributed by atoms with Crippen LogP contribution in [0.3, 0.4) is 0 Å². The molecule has 0 unspecified atom stereocenters. The third-order valence-electron chi connectivity index (χ3n) is 10.5. The third kappa shape index (κ3) is 8.91. The Bertz CT molecular complexity index is 2760. The number of rotatable bonds is 7. The van der Waals surface area contributed by atoms with Gasteiger partial charge >= 0.3 is 0 Å². The number of anilines is 5. The van der Waals surface area contributed by atoms with Crippen LogP contribution in [0.1, 0.15) is 16.7 Å². The summed E-state index contributed by atoms with van der Waals surface area (Å²) >= 11 is 0. The first-order valence-electron chi connectivity index (χ1n) is 19.7. The molecule has 304 valence electrons. The molecule has 12 nitrogen and oxygen atoms in total. The minimum atomic E-state index is -0.724. The van der Waals surface area contributed by atoms with Crippen molar-refractivity contribution in [2.75, 3.05) is 73.5 Å². The molecule has 0 saturated carbocycles. The van der Waals surface area contributed by atoms with E-state index in [2.05, 4.69) is 42.2 Å². The van der Waals surface area contributed by atoms with Crippen LogP contribution in [0, 0.1) is 41.2 Å². The van der Waals surface area contributed by atoms with Gasteiger partial charge in [-0.05, 0) is 55.5 Å². The molecule has 0 bridgehead atoms. The van der Waals surface area contributed by atoms with Crippen LogP contribution >= 0.6 is 0 Å². The minimum Gasteiger partial charge on any atom is -0.397 e. The zero-order valence-electron chi connectivity index (χ0n) is 33.3. The molecule has 61 heavy (non-hydrogen) atoms. The van der Waals surface area contributed by atoms with Crippen LogP contribution in [0.25, 0.3) is 44.8 Å². The number of hydrogen-bond acceptors (Lipinski definition) is 12. The second kappa shape index (κ2) is 18.2. The molecule has 2 aliphatic heterocycles. The van der Waals surface area contributed by atoms with Crippen molar-refractivity contribution >= 4 is 39.3 Å². The first kappa shape index (κ1) is 40.3. The first-order valence-corrected chi connectivity index (χ1v) is 19.7. The van der Waals surface area contributed by atoms with Crippen molar-refractivity contribution in [1.82, 2.24) is 19.9 Å². The zero-order valence-corrected chi connectivity index (χ0v) is 33.3. The normalized spacial score (nSPS) is 13.8. The van der Waals surface area contributed by atoms with Crippen LogP contribution in [0.2, 0.25) is 0 Å². The summed E-state index contributed by atoms with van der Waals surface area (Å²) in [4.78, 5) is 22.7. The van der Waals surface area contributed by atoms with Gasteiger partial charge in [0.2, 0.25) is 0 Å². The number of morpholine rings is 2. The number of hydrogen-bond donors (Lipinski definition) is 2. The van der Waals surface area contributed by atoms with E-state index in [0.717, 1.165) is 60.6 Å². The Balaban J connectivity index is 0.000000205. The molecular formula is C47H40F2N10O2. The smallest absolute Gasteiger partial charge is 0.137 e. The number of ether oxygens (including phenoxy) is 2. The van der Waals surface area contributed by atoms with Gasteiger partial charge in [-0.2, -0.15) is 10.5 Å². The molecule has 6 heterocycles. The maximum Gasteiger partial charge on any atom is 0.137 e. The van der Waals surface area contributed by atoms with Gasteiger partial charge < -0.3 is 30.3 Å². The number of nitrogens with one attached hydrogen (secondary N) is 1. The molecule has 3 aromatic carbocycles. The monoisotopic (exact) mass is 814 g/mol. The lowest BCUT2D eigenvalue weighted by Gasteiger charge is -2.29. The molecule has 2 fully saturated rings. The SMILES string of the molecule is Cc1c(-c2ccccn2)nc2cc(F)cc(F)c2c1Nc1cc(N2CCOCC2)cnc1-c1ccc(C#N)cc1.N#Cc1ccc(-c2ncc(N3CCOCC3)cc2N)cc1. The predicted octanol–water partition coefficient (Wildman–Crippen LogP) is 8.44. The van der Waals surface area contributed by atoms with Gasteiger partial charge in [-0.25, -0.2) is 13.8 Å². The summed E-state index contributed by atoms with van der Waals surface area (Å²) in [5.74, 6) is -1.44. The van der Waals surface area contributed by atoms with Gasteiger partial charge in [-0.1, -0.05) is 30.3 Å². The number of nitrogen functional groups attached to an aromatic ring is 1. The maximum atomic E-state index is 15.4. The van der Waals surface area contributed by atoms with Crippen LogP contribution in [0.4, 0.5) is 37.2 Å². The van der Waals surface area contributed by atoms with Crippen molar-refractivity contribution < 1.29 is 18.3 Å². The second-order valence-electron chi connectivity index (χ2n) is 14.4.